The average Bonchev–Trinajstić information content (AvgIpc) is 2.55. The van der Waals surface area contributed by atoms with Crippen molar-refractivity contribution in [1.82, 2.24) is 16.1 Å². The van der Waals surface area contributed by atoms with E-state index in [1.807, 2.05) is 0 Å². The fourth-order valence-electron chi connectivity index (χ4n) is 1.77. The molecule has 0 aliphatic rings. The van der Waals surface area contributed by atoms with Crippen LogP contribution < -0.4 is 21.8 Å². The second-order valence-corrected chi connectivity index (χ2v) is 5.53. The van der Waals surface area contributed by atoms with Crippen molar-refractivity contribution in [1.29, 1.82) is 0 Å². The van der Waals surface area contributed by atoms with Crippen molar-refractivity contribution >= 4 is 11.8 Å². The highest BCUT2D eigenvalue weighted by Crippen LogP contribution is 2.08. The monoisotopic (exact) mass is 328 g/mol. The quantitative estimate of drug-likeness (QED) is 0.222. The summed E-state index contributed by atoms with van der Waals surface area (Å²) < 4.78 is 0. The lowest BCUT2D eigenvalue weighted by Gasteiger charge is -2.29. The van der Waals surface area contributed by atoms with E-state index in [1.165, 1.54) is 5.48 Å². The maximum Gasteiger partial charge on any atom is 0.267 e. The fourth-order valence-corrected chi connectivity index (χ4v) is 1.77. The van der Waals surface area contributed by atoms with Crippen LogP contribution in [0.25, 0.3) is 0 Å². The van der Waals surface area contributed by atoms with Gasteiger partial charge in [0.25, 0.3) is 11.8 Å². The van der Waals surface area contributed by atoms with Crippen LogP contribution in [0, 0.1) is 23.8 Å². The van der Waals surface area contributed by atoms with Crippen LogP contribution in [0.5, 0.6) is 0 Å². The molecule has 0 heterocycles. The number of carbonyl (C=O) groups excluding carboxylic acids is 2. The summed E-state index contributed by atoms with van der Waals surface area (Å²) in [5.41, 5.74) is 7.34. The van der Waals surface area contributed by atoms with Crippen LogP contribution in [-0.4, -0.2) is 35.7 Å². The molecule has 2 amide bonds. The van der Waals surface area contributed by atoms with Gasteiger partial charge in [-0.05, 0) is 44.0 Å². The van der Waals surface area contributed by atoms with E-state index in [2.05, 4.69) is 34.4 Å². The van der Waals surface area contributed by atoms with Crippen LogP contribution >= 0.6 is 0 Å². The lowest BCUT2D eigenvalue weighted by Crippen LogP contribution is -2.61. The minimum Gasteiger partial charge on any atom is -0.348 e. The van der Waals surface area contributed by atoms with Crippen molar-refractivity contribution in [2.45, 2.75) is 25.4 Å². The highest BCUT2D eigenvalue weighted by Gasteiger charge is 2.33. The molecule has 0 bridgehead atoms. The van der Waals surface area contributed by atoms with E-state index in [9.17, 15) is 9.59 Å². The van der Waals surface area contributed by atoms with Crippen LogP contribution in [0.4, 0.5) is 0 Å². The summed E-state index contributed by atoms with van der Waals surface area (Å²) in [6.45, 7) is 3.14. The standard InChI is InChI=1S/C17H20N4O3/c1-17(2,18)14(16(23)21-24)20-15(22)13-9-7-12(8-10-13)6-4-5-11-19-3/h7-10,14,19,24H,18H2,1-3H3,(H,20,22)(H,21,23)/t14-/m1/s1. The summed E-state index contributed by atoms with van der Waals surface area (Å²) in [6.07, 6.45) is 0. The molecule has 7 heteroatoms. The Balaban J connectivity index is 2.87. The summed E-state index contributed by atoms with van der Waals surface area (Å²) in [5, 5.41) is 13.9. The smallest absolute Gasteiger partial charge is 0.267 e. The van der Waals surface area contributed by atoms with Gasteiger partial charge in [0.2, 0.25) is 0 Å². The van der Waals surface area contributed by atoms with Gasteiger partial charge in [-0.2, -0.15) is 0 Å². The first-order valence-corrected chi connectivity index (χ1v) is 7.11. The third-order valence-electron chi connectivity index (χ3n) is 3.00. The van der Waals surface area contributed by atoms with E-state index in [-0.39, 0.29) is 0 Å². The Bertz CT molecular complexity index is 713. The maximum absolute atomic E-state index is 12.2. The highest BCUT2D eigenvalue weighted by atomic mass is 16.5. The van der Waals surface area contributed by atoms with Crippen LogP contribution in [-0.2, 0) is 4.79 Å². The predicted octanol–water partition coefficient (Wildman–Crippen LogP) is -0.440. The molecule has 126 valence electrons. The lowest BCUT2D eigenvalue weighted by molar-refractivity contribution is -0.132. The molecule has 0 unspecified atom stereocenters. The van der Waals surface area contributed by atoms with Gasteiger partial charge < -0.3 is 16.4 Å². The van der Waals surface area contributed by atoms with Crippen molar-refractivity contribution < 1.29 is 14.8 Å². The molecule has 0 radical (unpaired) electrons. The second-order valence-electron chi connectivity index (χ2n) is 5.53. The molecular formula is C17H20N4O3. The van der Waals surface area contributed by atoms with Gasteiger partial charge in [0, 0.05) is 35.7 Å². The molecule has 1 aromatic rings. The van der Waals surface area contributed by atoms with Crippen molar-refractivity contribution in [2.24, 2.45) is 5.73 Å². The minimum absolute atomic E-state index is 0.335. The summed E-state index contributed by atoms with van der Waals surface area (Å²) >= 11 is 0. The fraction of sp³-hybridized carbons (Fsp3) is 0.294. The summed E-state index contributed by atoms with van der Waals surface area (Å²) in [5.74, 6) is 6.80. The van der Waals surface area contributed by atoms with Crippen molar-refractivity contribution in [3.63, 3.8) is 0 Å². The van der Waals surface area contributed by atoms with Crippen LogP contribution in [0.2, 0.25) is 0 Å². The van der Waals surface area contributed by atoms with Gasteiger partial charge >= 0.3 is 0 Å². The third kappa shape index (κ3) is 5.65. The van der Waals surface area contributed by atoms with Crippen LogP contribution in [0.15, 0.2) is 24.3 Å². The number of nitrogens with two attached hydrogens (primary N) is 1. The Morgan fingerprint density at radius 3 is 2.33 bits per heavy atom. The van der Waals surface area contributed by atoms with Gasteiger partial charge in [0.05, 0.1) is 0 Å². The Labute approximate surface area is 141 Å². The molecule has 0 aliphatic carbocycles. The topological polar surface area (TPSA) is 116 Å². The van der Waals surface area contributed by atoms with Gasteiger partial charge in [-0.1, -0.05) is 5.92 Å². The molecule has 0 fully saturated rings. The average molecular weight is 328 g/mol. The van der Waals surface area contributed by atoms with Gasteiger partial charge in [0.15, 0.2) is 0 Å². The van der Waals surface area contributed by atoms with Crippen molar-refractivity contribution in [3.05, 3.63) is 35.4 Å². The van der Waals surface area contributed by atoms with Gasteiger partial charge in [-0.25, -0.2) is 5.48 Å². The van der Waals surface area contributed by atoms with Crippen molar-refractivity contribution in [3.8, 4) is 23.8 Å². The summed E-state index contributed by atoms with van der Waals surface area (Å²) in [4.78, 5) is 23.9. The first-order chi connectivity index (χ1) is 11.3. The highest BCUT2D eigenvalue weighted by molar-refractivity contribution is 5.97. The number of nitrogens with one attached hydrogen (secondary N) is 3. The zero-order valence-electron chi connectivity index (χ0n) is 13.7. The number of hydrogen-bond donors (Lipinski definition) is 5. The Morgan fingerprint density at radius 1 is 1.21 bits per heavy atom. The predicted molar refractivity (Wildman–Crippen MR) is 89.6 cm³/mol. The molecule has 0 spiro atoms. The molecule has 6 N–H and O–H groups in total. The SMILES string of the molecule is CNC#CC#Cc1ccc(C(=O)N[C@H](C(=O)NO)C(C)(C)N)cc1. The third-order valence-corrected chi connectivity index (χ3v) is 3.00. The number of amides is 2. The number of hydrogen-bond acceptors (Lipinski definition) is 5. The van der Waals surface area contributed by atoms with Crippen LogP contribution in [0.1, 0.15) is 29.8 Å². The molecular weight excluding hydrogens is 308 g/mol. The molecule has 0 aliphatic heterocycles. The molecule has 0 saturated heterocycles. The number of hydroxylamine groups is 1. The van der Waals surface area contributed by atoms with Gasteiger partial charge in [-0.15, -0.1) is 0 Å². The zero-order chi connectivity index (χ0) is 18.2. The Hall–Kier alpha value is -3.00. The molecule has 1 aromatic carbocycles. The van der Waals surface area contributed by atoms with E-state index in [0.717, 1.165) is 0 Å². The van der Waals surface area contributed by atoms with Gasteiger partial charge in [0.1, 0.15) is 6.04 Å². The van der Waals surface area contributed by atoms with E-state index < -0.39 is 23.4 Å². The normalized spacial score (nSPS) is 11.0. The Kier molecular flexibility index (Phi) is 6.81. The van der Waals surface area contributed by atoms with E-state index in [0.29, 0.717) is 11.1 Å². The Morgan fingerprint density at radius 2 is 1.83 bits per heavy atom. The number of benzene rings is 1. The second kappa shape index (κ2) is 8.59. The molecule has 0 saturated carbocycles. The lowest BCUT2D eigenvalue weighted by atomic mass is 9.95. The van der Waals surface area contributed by atoms with Gasteiger partial charge in [-0.3, -0.25) is 14.8 Å². The van der Waals surface area contributed by atoms with Crippen molar-refractivity contribution in [2.75, 3.05) is 7.05 Å². The summed E-state index contributed by atoms with van der Waals surface area (Å²) in [6, 6.07) is 7.97. The maximum atomic E-state index is 12.2. The van der Waals surface area contributed by atoms with E-state index in [1.54, 1.807) is 45.2 Å². The van der Waals surface area contributed by atoms with Crippen LogP contribution in [0.3, 0.4) is 0 Å². The van der Waals surface area contributed by atoms with E-state index in [4.69, 9.17) is 10.9 Å². The molecule has 24 heavy (non-hydrogen) atoms. The largest absolute Gasteiger partial charge is 0.348 e. The first kappa shape index (κ1) is 19.0. The first-order valence-electron chi connectivity index (χ1n) is 7.11. The summed E-state index contributed by atoms with van der Waals surface area (Å²) in [7, 11) is 1.69. The minimum atomic E-state index is -1.09. The zero-order valence-corrected chi connectivity index (χ0v) is 13.7. The molecule has 1 rings (SSSR count). The number of rotatable bonds is 4. The molecule has 1 atom stereocenters. The molecule has 0 aromatic heterocycles. The molecule has 7 nitrogen and oxygen atoms in total. The van der Waals surface area contributed by atoms with E-state index >= 15 is 0 Å². The number of carbonyl (C=O) groups is 2.